The van der Waals surface area contributed by atoms with E-state index >= 15 is 0 Å². The molecule has 0 radical (unpaired) electrons. The number of likely N-dealkylation sites (tertiary alicyclic amines) is 1. The normalized spacial score (nSPS) is 20.4. The van der Waals surface area contributed by atoms with Crippen molar-refractivity contribution in [3.8, 4) is 0 Å². The molecule has 138 valence electrons. The fourth-order valence-corrected chi connectivity index (χ4v) is 3.94. The van der Waals surface area contributed by atoms with Gasteiger partial charge in [0, 0.05) is 19.6 Å². The largest absolute Gasteiger partial charge is 0.388 e. The fourth-order valence-electron chi connectivity index (χ4n) is 3.94. The predicted molar refractivity (Wildman–Crippen MR) is 99.2 cm³/mol. The van der Waals surface area contributed by atoms with E-state index < -0.39 is 5.60 Å². The van der Waals surface area contributed by atoms with Crippen molar-refractivity contribution in [2.45, 2.75) is 63.6 Å². The third-order valence-electron chi connectivity index (χ3n) is 5.51. The number of piperidine rings is 1. The van der Waals surface area contributed by atoms with Gasteiger partial charge >= 0.3 is 6.03 Å². The first-order valence-corrected chi connectivity index (χ1v) is 9.68. The van der Waals surface area contributed by atoms with Crippen molar-refractivity contribution < 1.29 is 9.90 Å². The number of amides is 2. The van der Waals surface area contributed by atoms with E-state index in [1.54, 1.807) is 0 Å². The molecule has 0 unspecified atom stereocenters. The van der Waals surface area contributed by atoms with E-state index in [0.717, 1.165) is 32.2 Å². The summed E-state index contributed by atoms with van der Waals surface area (Å²) < 4.78 is 0. The van der Waals surface area contributed by atoms with Crippen LogP contribution in [-0.4, -0.2) is 41.3 Å². The maximum Gasteiger partial charge on any atom is 0.315 e. The molecule has 0 spiro atoms. The number of benzene rings is 1. The van der Waals surface area contributed by atoms with Gasteiger partial charge in [0.05, 0.1) is 5.60 Å². The van der Waals surface area contributed by atoms with E-state index in [1.807, 2.05) is 6.07 Å². The van der Waals surface area contributed by atoms with Crippen LogP contribution >= 0.6 is 0 Å². The SMILES string of the molecule is O=C(NCc1ccccc1CN1CCCCC1)NCC1(O)CCCC1. The molecule has 1 aromatic carbocycles. The third-order valence-corrected chi connectivity index (χ3v) is 5.51. The summed E-state index contributed by atoms with van der Waals surface area (Å²) in [7, 11) is 0. The Bertz CT molecular complexity index is 564. The number of carbonyl (C=O) groups excluding carboxylic acids is 1. The molecule has 1 saturated heterocycles. The molecule has 0 aromatic heterocycles. The summed E-state index contributed by atoms with van der Waals surface area (Å²) in [6.07, 6.45) is 7.56. The van der Waals surface area contributed by atoms with Gasteiger partial charge in [-0.25, -0.2) is 4.79 Å². The third kappa shape index (κ3) is 5.44. The van der Waals surface area contributed by atoms with Crippen molar-refractivity contribution in [3.63, 3.8) is 0 Å². The quantitative estimate of drug-likeness (QED) is 0.743. The smallest absolute Gasteiger partial charge is 0.315 e. The number of hydrogen-bond donors (Lipinski definition) is 3. The monoisotopic (exact) mass is 345 g/mol. The van der Waals surface area contributed by atoms with Crippen LogP contribution in [0.2, 0.25) is 0 Å². The Morgan fingerprint density at radius 3 is 2.40 bits per heavy atom. The minimum absolute atomic E-state index is 0.201. The van der Waals surface area contributed by atoms with Gasteiger partial charge < -0.3 is 15.7 Å². The second-order valence-corrected chi connectivity index (χ2v) is 7.57. The number of nitrogens with zero attached hydrogens (tertiary/aromatic N) is 1. The molecule has 3 rings (SSSR count). The molecule has 1 aromatic rings. The molecule has 1 heterocycles. The van der Waals surface area contributed by atoms with Crippen molar-refractivity contribution in [3.05, 3.63) is 35.4 Å². The summed E-state index contributed by atoms with van der Waals surface area (Å²) in [5, 5.41) is 16.1. The first kappa shape index (κ1) is 18.2. The van der Waals surface area contributed by atoms with Gasteiger partial charge in [0.2, 0.25) is 0 Å². The number of nitrogens with one attached hydrogen (secondary N) is 2. The maximum atomic E-state index is 12.1. The van der Waals surface area contributed by atoms with E-state index in [1.165, 1.54) is 43.5 Å². The molecule has 2 fully saturated rings. The van der Waals surface area contributed by atoms with Gasteiger partial charge in [-0.05, 0) is 49.9 Å². The number of aliphatic hydroxyl groups is 1. The van der Waals surface area contributed by atoms with Gasteiger partial charge in [0.15, 0.2) is 0 Å². The molecule has 0 bridgehead atoms. The Kier molecular flexibility index (Phi) is 6.32. The predicted octanol–water partition coefficient (Wildman–Crippen LogP) is 2.78. The summed E-state index contributed by atoms with van der Waals surface area (Å²) >= 11 is 0. The molecular weight excluding hydrogens is 314 g/mol. The van der Waals surface area contributed by atoms with Gasteiger partial charge in [-0.2, -0.15) is 0 Å². The van der Waals surface area contributed by atoms with Crippen molar-refractivity contribution >= 4 is 6.03 Å². The van der Waals surface area contributed by atoms with Crippen LogP contribution in [0.5, 0.6) is 0 Å². The van der Waals surface area contributed by atoms with Crippen LogP contribution < -0.4 is 10.6 Å². The van der Waals surface area contributed by atoms with Crippen molar-refractivity contribution in [2.75, 3.05) is 19.6 Å². The molecule has 2 amide bonds. The lowest BCUT2D eigenvalue weighted by molar-refractivity contribution is 0.0501. The number of urea groups is 1. The fraction of sp³-hybridized carbons (Fsp3) is 0.650. The second kappa shape index (κ2) is 8.68. The summed E-state index contributed by atoms with van der Waals surface area (Å²) in [4.78, 5) is 14.6. The first-order chi connectivity index (χ1) is 12.1. The lowest BCUT2D eigenvalue weighted by Gasteiger charge is -2.27. The minimum atomic E-state index is -0.705. The van der Waals surface area contributed by atoms with Gasteiger partial charge in [0.1, 0.15) is 0 Å². The summed E-state index contributed by atoms with van der Waals surface area (Å²) in [6, 6.07) is 8.14. The first-order valence-electron chi connectivity index (χ1n) is 9.68. The Balaban J connectivity index is 1.47. The highest BCUT2D eigenvalue weighted by Crippen LogP contribution is 2.28. The Labute approximate surface area is 150 Å². The number of rotatable bonds is 6. The van der Waals surface area contributed by atoms with Crippen molar-refractivity contribution in [2.24, 2.45) is 0 Å². The van der Waals surface area contributed by atoms with Crippen LogP contribution in [0.4, 0.5) is 4.79 Å². The topological polar surface area (TPSA) is 64.6 Å². The molecule has 1 aliphatic carbocycles. The van der Waals surface area contributed by atoms with E-state index in [-0.39, 0.29) is 6.03 Å². The van der Waals surface area contributed by atoms with Crippen LogP contribution in [0.15, 0.2) is 24.3 Å². The number of hydrogen-bond acceptors (Lipinski definition) is 3. The molecule has 5 nitrogen and oxygen atoms in total. The summed E-state index contributed by atoms with van der Waals surface area (Å²) in [6.45, 7) is 4.16. The molecule has 1 saturated carbocycles. The van der Waals surface area contributed by atoms with Crippen LogP contribution in [0, 0.1) is 0 Å². The van der Waals surface area contributed by atoms with Crippen molar-refractivity contribution in [1.82, 2.24) is 15.5 Å². The molecular formula is C20H31N3O2. The van der Waals surface area contributed by atoms with E-state index in [2.05, 4.69) is 33.7 Å². The summed E-state index contributed by atoms with van der Waals surface area (Å²) in [5.41, 5.74) is 1.76. The average Bonchev–Trinajstić information content (AvgIpc) is 3.07. The van der Waals surface area contributed by atoms with Gasteiger partial charge in [-0.1, -0.05) is 43.5 Å². The molecule has 1 aliphatic heterocycles. The highest BCUT2D eigenvalue weighted by Gasteiger charge is 2.31. The zero-order chi connectivity index (χ0) is 17.5. The van der Waals surface area contributed by atoms with E-state index in [0.29, 0.717) is 13.1 Å². The Morgan fingerprint density at radius 1 is 1.00 bits per heavy atom. The molecule has 3 N–H and O–H groups in total. The van der Waals surface area contributed by atoms with Crippen molar-refractivity contribution in [1.29, 1.82) is 0 Å². The van der Waals surface area contributed by atoms with Crippen LogP contribution in [-0.2, 0) is 13.1 Å². The van der Waals surface area contributed by atoms with Crippen LogP contribution in [0.1, 0.15) is 56.1 Å². The van der Waals surface area contributed by atoms with Crippen LogP contribution in [0.25, 0.3) is 0 Å². The van der Waals surface area contributed by atoms with E-state index in [4.69, 9.17) is 0 Å². The summed E-state index contributed by atoms with van der Waals surface area (Å²) in [5.74, 6) is 0. The highest BCUT2D eigenvalue weighted by molar-refractivity contribution is 5.73. The highest BCUT2D eigenvalue weighted by atomic mass is 16.3. The molecule has 5 heteroatoms. The second-order valence-electron chi connectivity index (χ2n) is 7.57. The minimum Gasteiger partial charge on any atom is -0.388 e. The maximum absolute atomic E-state index is 12.1. The van der Waals surface area contributed by atoms with Crippen LogP contribution in [0.3, 0.4) is 0 Å². The van der Waals surface area contributed by atoms with Gasteiger partial charge in [-0.15, -0.1) is 0 Å². The molecule has 25 heavy (non-hydrogen) atoms. The zero-order valence-electron chi connectivity index (χ0n) is 15.1. The molecule has 2 aliphatic rings. The Morgan fingerprint density at radius 2 is 1.68 bits per heavy atom. The van der Waals surface area contributed by atoms with Gasteiger partial charge in [-0.3, -0.25) is 4.90 Å². The zero-order valence-corrected chi connectivity index (χ0v) is 15.1. The average molecular weight is 345 g/mol. The number of carbonyl (C=O) groups is 1. The Hall–Kier alpha value is -1.59. The van der Waals surface area contributed by atoms with E-state index in [9.17, 15) is 9.90 Å². The lowest BCUT2D eigenvalue weighted by atomic mass is 10.0. The molecule has 0 atom stereocenters. The van der Waals surface area contributed by atoms with Gasteiger partial charge in [0.25, 0.3) is 0 Å². The lowest BCUT2D eigenvalue weighted by Crippen LogP contribution is -2.44. The standard InChI is InChI=1S/C20H31N3O2/c24-19(22-16-20(25)10-4-5-11-20)21-14-17-8-2-3-9-18(17)15-23-12-6-1-7-13-23/h2-3,8-9,25H,1,4-7,10-16H2,(H2,21,22,24).